The second kappa shape index (κ2) is 8.75. The van der Waals surface area contributed by atoms with Crippen molar-refractivity contribution in [2.24, 2.45) is 22.7 Å². The number of ketones is 1. The van der Waals surface area contributed by atoms with E-state index in [-0.39, 0.29) is 36.1 Å². The molecule has 3 aliphatic rings. The average Bonchev–Trinajstić information content (AvgIpc) is 2.84. The summed E-state index contributed by atoms with van der Waals surface area (Å²) in [5.41, 5.74) is 0.484. The summed E-state index contributed by atoms with van der Waals surface area (Å²) in [5, 5.41) is 29.9. The third kappa shape index (κ3) is 4.65. The van der Waals surface area contributed by atoms with Crippen LogP contribution in [-0.2, 0) is 4.79 Å². The van der Waals surface area contributed by atoms with Gasteiger partial charge < -0.3 is 15.3 Å². The van der Waals surface area contributed by atoms with Gasteiger partial charge in [-0.05, 0) is 49.4 Å². The van der Waals surface area contributed by atoms with Gasteiger partial charge in [-0.1, -0.05) is 51.2 Å². The zero-order valence-corrected chi connectivity index (χ0v) is 16.9. The molecular formula is C23H38O4. The number of hydrogen-bond donors (Lipinski definition) is 3. The SMILES string of the molecule is CC1(C(O)/C=C/C2C(O)CC(=O)C2CCCCCCCO)CC2(CCC2)C1. The average molecular weight is 379 g/mol. The fourth-order valence-electron chi connectivity index (χ4n) is 5.97. The lowest BCUT2D eigenvalue weighted by Gasteiger charge is -2.61. The normalized spacial score (nSPS) is 32.6. The number of rotatable bonds is 10. The fourth-order valence-corrected chi connectivity index (χ4v) is 5.97. The second-order valence-corrected chi connectivity index (χ2v) is 9.89. The zero-order chi connectivity index (χ0) is 19.5. The number of carbonyl (C=O) groups is 1. The quantitative estimate of drug-likeness (QED) is 0.399. The molecule has 4 unspecified atom stereocenters. The standard InChI is InChI=1S/C23H38O4/c1-22(15-23(16-22)11-7-12-23)21(27)10-9-18-17(19(25)14-20(18)26)8-5-3-2-4-6-13-24/h9-10,17-18,20-21,24,26-27H,2-8,11-16H2,1H3/b10-9+. The molecule has 3 fully saturated rings. The maximum Gasteiger partial charge on any atom is 0.139 e. The molecule has 0 aliphatic heterocycles. The summed E-state index contributed by atoms with van der Waals surface area (Å²) in [4.78, 5) is 12.3. The van der Waals surface area contributed by atoms with Gasteiger partial charge in [0.1, 0.15) is 5.78 Å². The number of aliphatic hydroxyl groups is 3. The van der Waals surface area contributed by atoms with Crippen molar-refractivity contribution in [3.8, 4) is 0 Å². The number of aliphatic hydroxyl groups excluding tert-OH is 3. The van der Waals surface area contributed by atoms with Gasteiger partial charge >= 0.3 is 0 Å². The predicted octanol–water partition coefficient (Wildman–Crippen LogP) is 3.77. The minimum atomic E-state index is -0.604. The Kier molecular flexibility index (Phi) is 6.81. The van der Waals surface area contributed by atoms with Crippen molar-refractivity contribution < 1.29 is 20.1 Å². The number of hydrogen-bond acceptors (Lipinski definition) is 4. The van der Waals surface area contributed by atoms with Gasteiger partial charge in [0.05, 0.1) is 12.2 Å². The molecule has 3 saturated carbocycles. The molecule has 0 heterocycles. The van der Waals surface area contributed by atoms with Gasteiger partial charge in [-0.15, -0.1) is 0 Å². The molecule has 0 aromatic rings. The highest BCUT2D eigenvalue weighted by atomic mass is 16.3. The fraction of sp³-hybridized carbons (Fsp3) is 0.870. The van der Waals surface area contributed by atoms with E-state index in [1.54, 1.807) is 0 Å². The van der Waals surface area contributed by atoms with Crippen molar-refractivity contribution in [2.75, 3.05) is 6.61 Å². The highest BCUT2D eigenvalue weighted by Gasteiger charge is 2.56. The number of unbranched alkanes of at least 4 members (excludes halogenated alkanes) is 4. The third-order valence-corrected chi connectivity index (χ3v) is 7.61. The predicted molar refractivity (Wildman–Crippen MR) is 106 cm³/mol. The van der Waals surface area contributed by atoms with E-state index < -0.39 is 12.2 Å². The Balaban J connectivity index is 1.48. The highest BCUT2D eigenvalue weighted by Crippen LogP contribution is 2.65. The molecule has 0 aromatic heterocycles. The second-order valence-electron chi connectivity index (χ2n) is 9.89. The molecular weight excluding hydrogens is 340 g/mol. The molecule has 0 amide bonds. The first kappa shape index (κ1) is 21.0. The van der Waals surface area contributed by atoms with Crippen LogP contribution in [0.5, 0.6) is 0 Å². The summed E-state index contributed by atoms with van der Waals surface area (Å²) >= 11 is 0. The summed E-state index contributed by atoms with van der Waals surface area (Å²) in [6.07, 6.45) is 15.0. The van der Waals surface area contributed by atoms with E-state index in [2.05, 4.69) is 6.92 Å². The van der Waals surface area contributed by atoms with E-state index in [0.717, 1.165) is 51.4 Å². The van der Waals surface area contributed by atoms with E-state index in [0.29, 0.717) is 5.41 Å². The molecule has 3 rings (SSSR count). The van der Waals surface area contributed by atoms with E-state index in [9.17, 15) is 15.0 Å². The van der Waals surface area contributed by atoms with Gasteiger partial charge in [0.2, 0.25) is 0 Å². The molecule has 1 spiro atoms. The largest absolute Gasteiger partial charge is 0.396 e. The van der Waals surface area contributed by atoms with Gasteiger partial charge in [-0.2, -0.15) is 0 Å². The van der Waals surface area contributed by atoms with Crippen molar-refractivity contribution in [3.05, 3.63) is 12.2 Å². The van der Waals surface area contributed by atoms with E-state index in [1.165, 1.54) is 19.3 Å². The summed E-state index contributed by atoms with van der Waals surface area (Å²) in [6.45, 7) is 2.42. The molecule has 0 saturated heterocycles. The highest BCUT2D eigenvalue weighted by molar-refractivity contribution is 5.84. The topological polar surface area (TPSA) is 77.8 Å². The lowest BCUT2D eigenvalue weighted by atomic mass is 9.44. The molecule has 4 nitrogen and oxygen atoms in total. The van der Waals surface area contributed by atoms with Crippen molar-refractivity contribution in [2.45, 2.75) is 96.2 Å². The minimum absolute atomic E-state index is 0.0350. The Labute approximate surface area is 164 Å². The van der Waals surface area contributed by atoms with Crippen LogP contribution in [0.25, 0.3) is 0 Å². The Morgan fingerprint density at radius 2 is 1.81 bits per heavy atom. The van der Waals surface area contributed by atoms with Crippen LogP contribution < -0.4 is 0 Å². The Morgan fingerprint density at radius 3 is 2.44 bits per heavy atom. The molecule has 0 aromatic carbocycles. The Hall–Kier alpha value is -0.710. The van der Waals surface area contributed by atoms with Gasteiger partial charge in [-0.3, -0.25) is 4.79 Å². The molecule has 0 bridgehead atoms. The third-order valence-electron chi connectivity index (χ3n) is 7.61. The van der Waals surface area contributed by atoms with Crippen molar-refractivity contribution in [1.29, 1.82) is 0 Å². The Morgan fingerprint density at radius 1 is 1.15 bits per heavy atom. The molecule has 4 heteroatoms. The van der Waals surface area contributed by atoms with Crippen LogP contribution in [0, 0.1) is 22.7 Å². The first-order chi connectivity index (χ1) is 12.9. The summed E-state index contributed by atoms with van der Waals surface area (Å²) < 4.78 is 0. The van der Waals surface area contributed by atoms with Crippen molar-refractivity contribution in [1.82, 2.24) is 0 Å². The zero-order valence-electron chi connectivity index (χ0n) is 16.9. The van der Waals surface area contributed by atoms with Gasteiger partial charge in [0, 0.05) is 24.9 Å². The van der Waals surface area contributed by atoms with Crippen molar-refractivity contribution >= 4 is 5.78 Å². The van der Waals surface area contributed by atoms with E-state index in [4.69, 9.17) is 5.11 Å². The first-order valence-electron chi connectivity index (χ1n) is 11.1. The van der Waals surface area contributed by atoms with Gasteiger partial charge in [-0.25, -0.2) is 0 Å². The molecule has 154 valence electrons. The van der Waals surface area contributed by atoms with E-state index >= 15 is 0 Å². The lowest BCUT2D eigenvalue weighted by Crippen LogP contribution is -2.53. The van der Waals surface area contributed by atoms with Crippen LogP contribution in [0.3, 0.4) is 0 Å². The minimum Gasteiger partial charge on any atom is -0.396 e. The summed E-state index contributed by atoms with van der Waals surface area (Å²) in [7, 11) is 0. The van der Waals surface area contributed by atoms with Crippen LogP contribution in [-0.4, -0.2) is 39.9 Å². The first-order valence-corrected chi connectivity index (χ1v) is 11.1. The van der Waals surface area contributed by atoms with E-state index in [1.807, 2.05) is 12.2 Å². The molecule has 27 heavy (non-hydrogen) atoms. The lowest BCUT2D eigenvalue weighted by molar-refractivity contribution is -0.132. The smallest absolute Gasteiger partial charge is 0.139 e. The maximum absolute atomic E-state index is 12.3. The number of Topliss-reactive ketones (excluding diaryl/α,β-unsaturated/α-hetero) is 1. The summed E-state index contributed by atoms with van der Waals surface area (Å²) in [6, 6.07) is 0. The van der Waals surface area contributed by atoms with Crippen molar-refractivity contribution in [3.63, 3.8) is 0 Å². The van der Waals surface area contributed by atoms with Gasteiger partial charge in [0.25, 0.3) is 0 Å². The summed E-state index contributed by atoms with van der Waals surface area (Å²) in [5.74, 6) is -0.0790. The van der Waals surface area contributed by atoms with Crippen LogP contribution >= 0.6 is 0 Å². The van der Waals surface area contributed by atoms with Crippen LogP contribution in [0.2, 0.25) is 0 Å². The van der Waals surface area contributed by atoms with Crippen LogP contribution in [0.1, 0.15) is 84.0 Å². The van der Waals surface area contributed by atoms with Crippen LogP contribution in [0.4, 0.5) is 0 Å². The monoisotopic (exact) mass is 378 g/mol. The van der Waals surface area contributed by atoms with Crippen LogP contribution in [0.15, 0.2) is 12.2 Å². The van der Waals surface area contributed by atoms with Gasteiger partial charge in [0.15, 0.2) is 0 Å². The molecule has 3 N–H and O–H groups in total. The molecule has 4 atom stereocenters. The maximum atomic E-state index is 12.3. The Bertz CT molecular complexity index is 528. The molecule has 0 radical (unpaired) electrons. The number of carbonyl (C=O) groups excluding carboxylic acids is 1. The molecule has 3 aliphatic carbocycles.